The Hall–Kier alpha value is -2.86. The smallest absolute Gasteiger partial charge is 0.305 e. The molecular weight excluding hydrogens is 449 g/mol. The van der Waals surface area contributed by atoms with Crippen LogP contribution in [-0.2, 0) is 16.4 Å². The van der Waals surface area contributed by atoms with E-state index in [2.05, 4.69) is 4.98 Å². The molecule has 0 radical (unpaired) electrons. The molecule has 33 heavy (non-hydrogen) atoms. The third-order valence-electron chi connectivity index (χ3n) is 6.16. The molecule has 1 saturated heterocycles. The summed E-state index contributed by atoms with van der Waals surface area (Å²) in [7, 11) is 0. The molecule has 1 amide bonds. The Morgan fingerprint density at radius 3 is 2.30 bits per heavy atom. The van der Waals surface area contributed by atoms with Crippen molar-refractivity contribution in [3.63, 3.8) is 0 Å². The van der Waals surface area contributed by atoms with E-state index in [1.807, 2.05) is 62.4 Å². The number of para-hydroxylation sites is 1. The van der Waals surface area contributed by atoms with Gasteiger partial charge in [0.05, 0.1) is 6.04 Å². The van der Waals surface area contributed by atoms with Gasteiger partial charge in [0.15, 0.2) is 0 Å². The summed E-state index contributed by atoms with van der Waals surface area (Å²) in [4.78, 5) is 19.3. The molecule has 0 unspecified atom stereocenters. The predicted molar refractivity (Wildman–Crippen MR) is 123 cm³/mol. The number of pyridine rings is 1. The lowest BCUT2D eigenvalue weighted by Crippen LogP contribution is -2.32. The maximum Gasteiger partial charge on any atom is 0.433 e. The number of rotatable bonds is 5. The summed E-state index contributed by atoms with van der Waals surface area (Å²) in [6.45, 7) is 3.67. The lowest BCUT2D eigenvalue weighted by atomic mass is 9.78. The average molecular weight is 473 g/mol. The van der Waals surface area contributed by atoms with Crippen LogP contribution in [0.3, 0.4) is 0 Å². The van der Waals surface area contributed by atoms with Gasteiger partial charge in [0.2, 0.25) is 5.91 Å². The van der Waals surface area contributed by atoms with Gasteiger partial charge in [0.25, 0.3) is 0 Å². The molecule has 1 aromatic heterocycles. The molecule has 2 atom stereocenters. The molecule has 172 valence electrons. The van der Waals surface area contributed by atoms with Crippen molar-refractivity contribution in [2.45, 2.75) is 44.3 Å². The van der Waals surface area contributed by atoms with E-state index in [1.165, 1.54) is 6.07 Å². The van der Waals surface area contributed by atoms with Gasteiger partial charge in [-0.1, -0.05) is 61.8 Å². The van der Waals surface area contributed by atoms with Gasteiger partial charge in [0.1, 0.15) is 5.69 Å². The van der Waals surface area contributed by atoms with Crippen LogP contribution in [0.5, 0.6) is 0 Å². The Bertz CT molecular complexity index is 1150. The third kappa shape index (κ3) is 4.91. The molecule has 0 N–H and O–H groups in total. The fourth-order valence-electron chi connectivity index (χ4n) is 4.58. The molecule has 3 nitrogen and oxygen atoms in total. The van der Waals surface area contributed by atoms with Crippen LogP contribution in [0.2, 0.25) is 5.02 Å². The summed E-state index contributed by atoms with van der Waals surface area (Å²) in [6.07, 6.45) is -3.60. The highest BCUT2D eigenvalue weighted by molar-refractivity contribution is 6.30. The zero-order chi connectivity index (χ0) is 23.8. The van der Waals surface area contributed by atoms with E-state index in [0.29, 0.717) is 23.6 Å². The summed E-state index contributed by atoms with van der Waals surface area (Å²) >= 11 is 6.22. The third-order valence-corrected chi connectivity index (χ3v) is 6.40. The standard InChI is InChI=1S/C26H24ClF3N2O/c1-25(2,22-12-7-13-23(31-22)26(28,29)30)16-18-15-21(17-8-6-9-19(27)14-17)32(24(18)33)20-10-4-3-5-11-20/h3-14,18,21H,15-16H2,1-2H3/t18-,21+/m0/s1. The molecule has 2 aromatic carbocycles. The lowest BCUT2D eigenvalue weighted by Gasteiger charge is -2.27. The minimum Gasteiger partial charge on any atom is -0.305 e. The van der Waals surface area contributed by atoms with Crippen molar-refractivity contribution < 1.29 is 18.0 Å². The second kappa shape index (κ2) is 8.82. The van der Waals surface area contributed by atoms with Crippen LogP contribution in [0.15, 0.2) is 72.8 Å². The van der Waals surface area contributed by atoms with Gasteiger partial charge in [0, 0.05) is 27.7 Å². The SMILES string of the molecule is CC(C)(C[C@@H]1C[C@H](c2cccc(Cl)c2)N(c2ccccc2)C1=O)c1cccc(C(F)(F)F)n1. The number of halogens is 4. The predicted octanol–water partition coefficient (Wildman–Crippen LogP) is 7.22. The van der Waals surface area contributed by atoms with Gasteiger partial charge in [-0.05, 0) is 54.8 Å². The van der Waals surface area contributed by atoms with Crippen molar-refractivity contribution in [1.29, 1.82) is 0 Å². The number of hydrogen-bond donors (Lipinski definition) is 0. The van der Waals surface area contributed by atoms with E-state index in [-0.39, 0.29) is 17.9 Å². The van der Waals surface area contributed by atoms with Crippen molar-refractivity contribution in [3.05, 3.63) is 94.8 Å². The maximum atomic E-state index is 13.6. The Kier molecular flexibility index (Phi) is 6.23. The van der Waals surface area contributed by atoms with Crippen molar-refractivity contribution in [2.75, 3.05) is 4.90 Å². The number of carbonyl (C=O) groups is 1. The first-order chi connectivity index (χ1) is 15.6. The van der Waals surface area contributed by atoms with Gasteiger partial charge in [-0.2, -0.15) is 13.2 Å². The first kappa shape index (κ1) is 23.3. The van der Waals surface area contributed by atoms with E-state index in [1.54, 1.807) is 17.0 Å². The van der Waals surface area contributed by atoms with E-state index in [9.17, 15) is 18.0 Å². The van der Waals surface area contributed by atoms with Crippen LogP contribution in [0.4, 0.5) is 18.9 Å². The zero-order valence-electron chi connectivity index (χ0n) is 18.3. The molecule has 0 saturated carbocycles. The van der Waals surface area contributed by atoms with Crippen molar-refractivity contribution >= 4 is 23.2 Å². The topological polar surface area (TPSA) is 33.2 Å². The first-order valence-corrected chi connectivity index (χ1v) is 11.1. The number of nitrogens with zero attached hydrogens (tertiary/aromatic N) is 2. The number of aromatic nitrogens is 1. The molecule has 0 bridgehead atoms. The number of alkyl halides is 3. The molecule has 1 fully saturated rings. The number of benzene rings is 2. The minimum absolute atomic E-state index is 0.0498. The van der Waals surface area contributed by atoms with Crippen LogP contribution < -0.4 is 4.90 Å². The quantitative estimate of drug-likeness (QED) is 0.393. The van der Waals surface area contributed by atoms with Gasteiger partial charge < -0.3 is 4.90 Å². The fourth-order valence-corrected chi connectivity index (χ4v) is 4.78. The molecular formula is C26H24ClF3N2O. The minimum atomic E-state index is -4.52. The van der Waals surface area contributed by atoms with Crippen LogP contribution >= 0.6 is 11.6 Å². The van der Waals surface area contributed by atoms with Crippen molar-refractivity contribution in [1.82, 2.24) is 4.98 Å². The summed E-state index contributed by atoms with van der Waals surface area (Å²) in [5, 5.41) is 0.588. The van der Waals surface area contributed by atoms with E-state index in [0.717, 1.165) is 17.3 Å². The molecule has 3 aromatic rings. The summed E-state index contributed by atoms with van der Waals surface area (Å²) in [5.41, 5.74) is 0.381. The number of anilines is 1. The molecule has 1 aliphatic rings. The monoisotopic (exact) mass is 472 g/mol. The van der Waals surface area contributed by atoms with Gasteiger partial charge in [-0.25, -0.2) is 4.98 Å². The number of carbonyl (C=O) groups excluding carboxylic acids is 1. The van der Waals surface area contributed by atoms with Crippen molar-refractivity contribution in [2.24, 2.45) is 5.92 Å². The van der Waals surface area contributed by atoms with E-state index >= 15 is 0 Å². The Morgan fingerprint density at radius 2 is 1.64 bits per heavy atom. The Labute approximate surface area is 196 Å². The molecule has 7 heteroatoms. The van der Waals surface area contributed by atoms with E-state index in [4.69, 9.17) is 11.6 Å². The normalized spacial score (nSPS) is 19.2. The van der Waals surface area contributed by atoms with Gasteiger partial charge in [-0.15, -0.1) is 0 Å². The molecule has 0 aliphatic carbocycles. The van der Waals surface area contributed by atoms with E-state index < -0.39 is 17.3 Å². The van der Waals surface area contributed by atoms with Crippen molar-refractivity contribution in [3.8, 4) is 0 Å². The zero-order valence-corrected chi connectivity index (χ0v) is 19.1. The summed E-state index contributed by atoms with van der Waals surface area (Å²) < 4.78 is 39.6. The largest absolute Gasteiger partial charge is 0.433 e. The molecule has 0 spiro atoms. The Morgan fingerprint density at radius 1 is 0.970 bits per heavy atom. The van der Waals surface area contributed by atoms with Crippen LogP contribution in [0.25, 0.3) is 0 Å². The molecule has 2 heterocycles. The molecule has 1 aliphatic heterocycles. The highest BCUT2D eigenvalue weighted by Crippen LogP contribution is 2.45. The van der Waals surface area contributed by atoms with Crippen LogP contribution in [-0.4, -0.2) is 10.9 Å². The number of hydrogen-bond acceptors (Lipinski definition) is 2. The van der Waals surface area contributed by atoms with Crippen LogP contribution in [0.1, 0.15) is 49.7 Å². The molecule has 4 rings (SSSR count). The highest BCUT2D eigenvalue weighted by Gasteiger charge is 2.44. The lowest BCUT2D eigenvalue weighted by molar-refractivity contribution is -0.141. The number of amides is 1. The highest BCUT2D eigenvalue weighted by atomic mass is 35.5. The first-order valence-electron chi connectivity index (χ1n) is 10.7. The summed E-state index contributed by atoms with van der Waals surface area (Å²) in [6, 6.07) is 20.6. The van der Waals surface area contributed by atoms with Gasteiger partial charge >= 0.3 is 6.18 Å². The second-order valence-corrected chi connectivity index (χ2v) is 9.48. The Balaban J connectivity index is 1.66. The van der Waals surface area contributed by atoms with Gasteiger partial charge in [-0.3, -0.25) is 4.79 Å². The average Bonchev–Trinajstić information content (AvgIpc) is 3.09. The summed E-state index contributed by atoms with van der Waals surface area (Å²) in [5.74, 6) is -0.424. The fraction of sp³-hybridized carbons (Fsp3) is 0.308. The second-order valence-electron chi connectivity index (χ2n) is 9.04. The van der Waals surface area contributed by atoms with Crippen LogP contribution in [0, 0.1) is 5.92 Å². The maximum absolute atomic E-state index is 13.6.